The van der Waals surface area contributed by atoms with Crippen molar-refractivity contribution in [2.24, 2.45) is 0 Å². The molecule has 0 bridgehead atoms. The summed E-state index contributed by atoms with van der Waals surface area (Å²) in [6.45, 7) is 8.18. The second kappa shape index (κ2) is 7.85. The number of anilines is 2. The zero-order chi connectivity index (χ0) is 18.6. The van der Waals surface area contributed by atoms with Crippen LogP contribution in [0.5, 0.6) is 0 Å². The standard InChI is InChI=1S/C21H28N4O/c1-21(2,3)16-10-6-7-11-17(16)24-19-14-18(22-15-23-19)20(26)25-12-8-4-5-9-13-25/h6-7,10-11,14-15H,4-5,8-9,12-13H2,1-3H3,(H,22,23,24). The van der Waals surface area contributed by atoms with Crippen LogP contribution in [-0.4, -0.2) is 33.9 Å². The molecular weight excluding hydrogens is 324 g/mol. The number of carbonyl (C=O) groups excluding carboxylic acids is 1. The van der Waals surface area contributed by atoms with Crippen molar-refractivity contribution in [3.8, 4) is 0 Å². The minimum atomic E-state index is 0.00135. The van der Waals surface area contributed by atoms with Crippen LogP contribution in [-0.2, 0) is 5.41 Å². The number of para-hydroxylation sites is 1. The third-order valence-electron chi connectivity index (χ3n) is 4.78. The lowest BCUT2D eigenvalue weighted by molar-refractivity contribution is 0.0755. The summed E-state index contributed by atoms with van der Waals surface area (Å²) in [7, 11) is 0. The van der Waals surface area contributed by atoms with Gasteiger partial charge in [0.25, 0.3) is 5.91 Å². The lowest BCUT2D eigenvalue weighted by Gasteiger charge is -2.23. The van der Waals surface area contributed by atoms with Gasteiger partial charge in [-0.3, -0.25) is 4.79 Å². The van der Waals surface area contributed by atoms with Gasteiger partial charge in [-0.15, -0.1) is 0 Å². The molecule has 2 heterocycles. The number of benzene rings is 1. The highest BCUT2D eigenvalue weighted by Crippen LogP contribution is 2.30. The molecule has 0 atom stereocenters. The van der Waals surface area contributed by atoms with Crippen LogP contribution in [0.1, 0.15) is 62.5 Å². The zero-order valence-electron chi connectivity index (χ0n) is 16.0. The van der Waals surface area contributed by atoms with E-state index in [-0.39, 0.29) is 11.3 Å². The third kappa shape index (κ3) is 4.40. The Bertz CT molecular complexity index is 759. The summed E-state index contributed by atoms with van der Waals surface area (Å²) in [5, 5.41) is 3.37. The smallest absolute Gasteiger partial charge is 0.272 e. The van der Waals surface area contributed by atoms with Crippen molar-refractivity contribution >= 4 is 17.4 Å². The van der Waals surface area contributed by atoms with Gasteiger partial charge in [-0.25, -0.2) is 9.97 Å². The summed E-state index contributed by atoms with van der Waals surface area (Å²) >= 11 is 0. The minimum absolute atomic E-state index is 0.00135. The van der Waals surface area contributed by atoms with Crippen LogP contribution in [0, 0.1) is 0 Å². The second-order valence-corrected chi connectivity index (χ2v) is 7.92. The van der Waals surface area contributed by atoms with Gasteiger partial charge < -0.3 is 10.2 Å². The fourth-order valence-electron chi connectivity index (χ4n) is 3.36. The van der Waals surface area contributed by atoms with Crippen molar-refractivity contribution in [2.45, 2.75) is 51.9 Å². The molecule has 5 heteroatoms. The highest BCUT2D eigenvalue weighted by atomic mass is 16.2. The van der Waals surface area contributed by atoms with E-state index in [1.807, 2.05) is 23.1 Å². The molecule has 3 rings (SSSR count). The number of likely N-dealkylation sites (tertiary alicyclic amines) is 1. The van der Waals surface area contributed by atoms with Crippen molar-refractivity contribution in [1.82, 2.24) is 14.9 Å². The summed E-state index contributed by atoms with van der Waals surface area (Å²) < 4.78 is 0. The minimum Gasteiger partial charge on any atom is -0.340 e. The number of rotatable bonds is 3. The molecule has 0 unspecified atom stereocenters. The van der Waals surface area contributed by atoms with Gasteiger partial charge in [0.05, 0.1) is 0 Å². The maximum Gasteiger partial charge on any atom is 0.272 e. The van der Waals surface area contributed by atoms with Crippen LogP contribution >= 0.6 is 0 Å². The van der Waals surface area contributed by atoms with Crippen molar-refractivity contribution in [2.75, 3.05) is 18.4 Å². The van der Waals surface area contributed by atoms with Crippen molar-refractivity contribution in [3.63, 3.8) is 0 Å². The lowest BCUT2D eigenvalue weighted by atomic mass is 9.86. The van der Waals surface area contributed by atoms with Gasteiger partial charge in [0.1, 0.15) is 17.8 Å². The Balaban J connectivity index is 1.81. The topological polar surface area (TPSA) is 58.1 Å². The van der Waals surface area contributed by atoms with E-state index in [1.165, 1.54) is 24.7 Å². The van der Waals surface area contributed by atoms with Gasteiger partial charge in [0, 0.05) is 24.8 Å². The fourth-order valence-corrected chi connectivity index (χ4v) is 3.36. The molecule has 1 aliphatic rings. The van der Waals surface area contributed by atoms with E-state index in [4.69, 9.17) is 0 Å². The Morgan fingerprint density at radius 1 is 1.04 bits per heavy atom. The van der Waals surface area contributed by atoms with E-state index in [1.54, 1.807) is 6.07 Å². The van der Waals surface area contributed by atoms with Gasteiger partial charge in [0.2, 0.25) is 0 Å². The molecule has 0 spiro atoms. The van der Waals surface area contributed by atoms with E-state index < -0.39 is 0 Å². The molecule has 1 saturated heterocycles. The Labute approximate surface area is 155 Å². The molecule has 1 N–H and O–H groups in total. The predicted molar refractivity (Wildman–Crippen MR) is 105 cm³/mol. The Morgan fingerprint density at radius 3 is 2.42 bits per heavy atom. The number of nitrogens with zero attached hydrogens (tertiary/aromatic N) is 3. The maximum atomic E-state index is 12.8. The number of carbonyl (C=O) groups is 1. The van der Waals surface area contributed by atoms with E-state index in [0.717, 1.165) is 31.6 Å². The molecule has 1 fully saturated rings. The van der Waals surface area contributed by atoms with Gasteiger partial charge in [0.15, 0.2) is 0 Å². The predicted octanol–water partition coefficient (Wildman–Crippen LogP) is 4.53. The molecule has 1 aromatic carbocycles. The van der Waals surface area contributed by atoms with Crippen LogP contribution in [0.2, 0.25) is 0 Å². The van der Waals surface area contributed by atoms with E-state index in [0.29, 0.717) is 11.5 Å². The molecule has 138 valence electrons. The van der Waals surface area contributed by atoms with Gasteiger partial charge in [-0.2, -0.15) is 0 Å². The van der Waals surface area contributed by atoms with Gasteiger partial charge >= 0.3 is 0 Å². The number of hydrogen-bond acceptors (Lipinski definition) is 4. The SMILES string of the molecule is CC(C)(C)c1ccccc1Nc1cc(C(=O)N2CCCCCC2)ncn1. The van der Waals surface area contributed by atoms with E-state index in [9.17, 15) is 4.79 Å². The number of aromatic nitrogens is 2. The van der Waals surface area contributed by atoms with Crippen molar-refractivity contribution in [3.05, 3.63) is 47.9 Å². The lowest BCUT2D eigenvalue weighted by Crippen LogP contribution is -2.32. The Hall–Kier alpha value is -2.43. The molecular formula is C21H28N4O. The highest BCUT2D eigenvalue weighted by molar-refractivity contribution is 5.93. The van der Waals surface area contributed by atoms with E-state index in [2.05, 4.69) is 42.1 Å². The first-order valence-corrected chi connectivity index (χ1v) is 9.43. The molecule has 2 aromatic rings. The summed E-state index contributed by atoms with van der Waals surface area (Å²) in [6, 6.07) is 9.96. The highest BCUT2D eigenvalue weighted by Gasteiger charge is 2.20. The number of nitrogens with one attached hydrogen (secondary N) is 1. The van der Waals surface area contributed by atoms with E-state index >= 15 is 0 Å². The molecule has 0 aliphatic carbocycles. The van der Waals surface area contributed by atoms with Gasteiger partial charge in [-0.05, 0) is 29.9 Å². The second-order valence-electron chi connectivity index (χ2n) is 7.92. The number of hydrogen-bond donors (Lipinski definition) is 1. The third-order valence-corrected chi connectivity index (χ3v) is 4.78. The van der Waals surface area contributed by atoms with Gasteiger partial charge in [-0.1, -0.05) is 51.8 Å². The first kappa shape index (κ1) is 18.4. The quantitative estimate of drug-likeness (QED) is 0.881. The van der Waals surface area contributed by atoms with Crippen molar-refractivity contribution < 1.29 is 4.79 Å². The van der Waals surface area contributed by atoms with Crippen LogP contribution in [0.15, 0.2) is 36.7 Å². The largest absolute Gasteiger partial charge is 0.340 e. The Kier molecular flexibility index (Phi) is 5.55. The van der Waals surface area contributed by atoms with Crippen molar-refractivity contribution in [1.29, 1.82) is 0 Å². The normalized spacial score (nSPS) is 15.4. The number of amides is 1. The molecule has 0 saturated carbocycles. The monoisotopic (exact) mass is 352 g/mol. The van der Waals surface area contributed by atoms with Crippen LogP contribution < -0.4 is 5.32 Å². The maximum absolute atomic E-state index is 12.8. The fraction of sp³-hybridized carbons (Fsp3) is 0.476. The molecule has 1 aliphatic heterocycles. The molecule has 1 amide bonds. The first-order chi connectivity index (χ1) is 12.4. The zero-order valence-corrected chi connectivity index (χ0v) is 16.0. The molecule has 5 nitrogen and oxygen atoms in total. The molecule has 1 aromatic heterocycles. The Morgan fingerprint density at radius 2 is 1.73 bits per heavy atom. The average molecular weight is 352 g/mol. The molecule has 26 heavy (non-hydrogen) atoms. The molecule has 0 radical (unpaired) electrons. The average Bonchev–Trinajstić information content (AvgIpc) is 2.90. The van der Waals surface area contributed by atoms with Crippen LogP contribution in [0.4, 0.5) is 11.5 Å². The summed E-state index contributed by atoms with van der Waals surface area (Å²) in [6.07, 6.45) is 6.00. The summed E-state index contributed by atoms with van der Waals surface area (Å²) in [5.74, 6) is 0.649. The van der Waals surface area contributed by atoms with Crippen LogP contribution in [0.3, 0.4) is 0 Å². The first-order valence-electron chi connectivity index (χ1n) is 9.43. The van der Waals surface area contributed by atoms with Crippen LogP contribution in [0.25, 0.3) is 0 Å². The summed E-state index contributed by atoms with van der Waals surface area (Å²) in [5.41, 5.74) is 2.69. The summed E-state index contributed by atoms with van der Waals surface area (Å²) in [4.78, 5) is 23.2.